The van der Waals surface area contributed by atoms with Gasteiger partial charge in [-0.3, -0.25) is 20.8 Å². The van der Waals surface area contributed by atoms with Gasteiger partial charge in [0.05, 0.1) is 12.6 Å². The maximum absolute atomic E-state index is 11.6. The standard InChI is InChI=1S/C9H18N8O/c1-6(10)12-5-3-2-4-7(11)8(18)13-9-14-16-17-15-9/h7H,2-5,11H2,1H3,(H2,10,12)(H2,13,14,15,16,17,18)/p+1. The first kappa shape index (κ1) is 14.0. The second-order valence-electron chi connectivity index (χ2n) is 3.94. The Morgan fingerprint density at radius 1 is 1.56 bits per heavy atom. The van der Waals surface area contributed by atoms with Crippen molar-refractivity contribution >= 4 is 17.7 Å². The topological polar surface area (TPSA) is 150 Å². The van der Waals surface area contributed by atoms with Crippen LogP contribution < -0.4 is 21.8 Å². The minimum atomic E-state index is -0.577. The molecule has 18 heavy (non-hydrogen) atoms. The number of H-pyrrole nitrogens is 1. The molecule has 0 radical (unpaired) electrons. The SMILES string of the molecule is CC(N)=[NH+]CCCCC(N)C(=O)Nc1nn[nH]n1. The molecule has 0 aliphatic carbocycles. The number of nitrogens with one attached hydrogen (secondary N) is 3. The number of nitrogens with zero attached hydrogens (tertiary/aromatic N) is 3. The summed E-state index contributed by atoms with van der Waals surface area (Å²) in [7, 11) is 0. The van der Waals surface area contributed by atoms with Crippen molar-refractivity contribution in [3.05, 3.63) is 0 Å². The fourth-order valence-corrected chi connectivity index (χ4v) is 1.32. The van der Waals surface area contributed by atoms with Gasteiger partial charge >= 0.3 is 0 Å². The number of unbranched alkanes of at least 4 members (excludes halogenated alkanes) is 1. The number of hydrogen-bond donors (Lipinski definition) is 5. The van der Waals surface area contributed by atoms with E-state index in [1.165, 1.54) is 0 Å². The van der Waals surface area contributed by atoms with E-state index >= 15 is 0 Å². The molecule has 1 aromatic rings. The lowest BCUT2D eigenvalue weighted by molar-refractivity contribution is -0.459. The van der Waals surface area contributed by atoms with Crippen LogP contribution in [-0.4, -0.2) is 45.0 Å². The van der Waals surface area contributed by atoms with E-state index in [2.05, 4.69) is 30.9 Å². The number of tetrazole rings is 1. The third-order valence-electron chi connectivity index (χ3n) is 2.26. The number of amides is 1. The molecule has 1 unspecified atom stereocenters. The monoisotopic (exact) mass is 255 g/mol. The predicted octanol–water partition coefficient (Wildman–Crippen LogP) is -2.91. The number of hydrogen-bond acceptors (Lipinski definition) is 5. The molecule has 1 atom stereocenters. The number of amidine groups is 1. The van der Waals surface area contributed by atoms with Gasteiger partial charge in [0.15, 0.2) is 0 Å². The third-order valence-corrected chi connectivity index (χ3v) is 2.26. The number of carbonyl (C=O) groups is 1. The highest BCUT2D eigenvalue weighted by atomic mass is 16.2. The maximum atomic E-state index is 11.6. The number of aromatic amines is 1. The fourth-order valence-electron chi connectivity index (χ4n) is 1.32. The number of anilines is 1. The second-order valence-corrected chi connectivity index (χ2v) is 3.94. The molecule has 0 aromatic carbocycles. The maximum Gasteiger partial charge on any atom is 0.269 e. The molecule has 0 aliphatic heterocycles. The smallest absolute Gasteiger partial charge is 0.269 e. The van der Waals surface area contributed by atoms with Gasteiger partial charge in [-0.05, 0) is 24.5 Å². The zero-order chi connectivity index (χ0) is 13.4. The Labute approximate surface area is 104 Å². The number of nitrogens with two attached hydrogens (primary N) is 2. The summed E-state index contributed by atoms with van der Waals surface area (Å²) in [4.78, 5) is 14.6. The van der Waals surface area contributed by atoms with Crippen molar-refractivity contribution in [2.75, 3.05) is 11.9 Å². The summed E-state index contributed by atoms with van der Waals surface area (Å²) in [6, 6.07) is -0.577. The van der Waals surface area contributed by atoms with Crippen molar-refractivity contribution in [2.24, 2.45) is 11.5 Å². The lowest BCUT2D eigenvalue weighted by Gasteiger charge is -2.09. The Morgan fingerprint density at radius 3 is 2.94 bits per heavy atom. The molecule has 100 valence electrons. The summed E-state index contributed by atoms with van der Waals surface area (Å²) in [5.41, 5.74) is 11.2. The third kappa shape index (κ3) is 5.34. The molecular weight excluding hydrogens is 236 g/mol. The summed E-state index contributed by atoms with van der Waals surface area (Å²) < 4.78 is 0. The Kier molecular flexibility index (Phi) is 5.71. The second kappa shape index (κ2) is 7.33. The summed E-state index contributed by atoms with van der Waals surface area (Å²) in [5.74, 6) is 0.505. The van der Waals surface area contributed by atoms with Crippen LogP contribution in [0.15, 0.2) is 0 Å². The van der Waals surface area contributed by atoms with Crippen molar-refractivity contribution in [3.63, 3.8) is 0 Å². The van der Waals surface area contributed by atoms with Crippen LogP contribution >= 0.6 is 0 Å². The summed E-state index contributed by atoms with van der Waals surface area (Å²) in [6.07, 6.45) is 2.33. The molecule has 1 amide bonds. The quantitative estimate of drug-likeness (QED) is 0.200. The highest BCUT2D eigenvalue weighted by Gasteiger charge is 2.14. The summed E-state index contributed by atoms with van der Waals surface area (Å²) in [6.45, 7) is 2.58. The molecule has 0 aliphatic rings. The molecule has 1 heterocycles. The van der Waals surface area contributed by atoms with Gasteiger partial charge in [-0.1, -0.05) is 5.10 Å². The van der Waals surface area contributed by atoms with Crippen LogP contribution in [0.2, 0.25) is 0 Å². The Bertz CT molecular complexity index is 383. The summed E-state index contributed by atoms with van der Waals surface area (Å²) in [5, 5.41) is 15.2. The average Bonchev–Trinajstić information content (AvgIpc) is 2.80. The predicted molar refractivity (Wildman–Crippen MR) is 65.3 cm³/mol. The van der Waals surface area contributed by atoms with Crippen LogP contribution in [0.25, 0.3) is 0 Å². The average molecular weight is 255 g/mol. The van der Waals surface area contributed by atoms with Gasteiger partial charge in [0, 0.05) is 6.92 Å². The minimum Gasteiger partial charge on any atom is -0.320 e. The molecule has 0 spiro atoms. The van der Waals surface area contributed by atoms with Crippen LogP contribution in [0.3, 0.4) is 0 Å². The van der Waals surface area contributed by atoms with Gasteiger partial charge in [0.1, 0.15) is 0 Å². The number of rotatable bonds is 7. The molecule has 0 saturated heterocycles. The molecule has 0 bridgehead atoms. The van der Waals surface area contributed by atoms with Crippen molar-refractivity contribution in [1.29, 1.82) is 0 Å². The van der Waals surface area contributed by atoms with Crippen LogP contribution in [0, 0.1) is 0 Å². The summed E-state index contributed by atoms with van der Waals surface area (Å²) >= 11 is 0. The lowest BCUT2D eigenvalue weighted by atomic mass is 10.1. The number of aromatic nitrogens is 4. The highest BCUT2D eigenvalue weighted by molar-refractivity contribution is 5.92. The minimum absolute atomic E-state index is 0.130. The molecule has 0 saturated carbocycles. The molecule has 9 nitrogen and oxygen atoms in total. The van der Waals surface area contributed by atoms with Crippen molar-refractivity contribution < 1.29 is 9.79 Å². The van der Waals surface area contributed by atoms with Crippen LogP contribution in [-0.2, 0) is 4.79 Å². The van der Waals surface area contributed by atoms with Crippen LogP contribution in [0.1, 0.15) is 26.2 Å². The highest BCUT2D eigenvalue weighted by Crippen LogP contribution is 2.00. The van der Waals surface area contributed by atoms with Gasteiger partial charge in [-0.2, -0.15) is 5.21 Å². The first-order chi connectivity index (χ1) is 8.59. The Balaban J connectivity index is 2.18. The van der Waals surface area contributed by atoms with Crippen LogP contribution in [0.5, 0.6) is 0 Å². The molecule has 0 fully saturated rings. The zero-order valence-electron chi connectivity index (χ0n) is 10.3. The number of carbonyl (C=O) groups excluding carboxylic acids is 1. The van der Waals surface area contributed by atoms with Gasteiger partial charge in [-0.15, -0.1) is 5.10 Å². The molecular formula is C9H19N8O+. The molecule has 9 heteroatoms. The van der Waals surface area contributed by atoms with E-state index in [1.54, 1.807) is 6.92 Å². The van der Waals surface area contributed by atoms with Gasteiger partial charge < -0.3 is 5.73 Å². The van der Waals surface area contributed by atoms with E-state index in [9.17, 15) is 4.79 Å². The Hall–Kier alpha value is -2.03. The normalized spacial score (nSPS) is 13.3. The molecule has 1 aromatic heterocycles. The van der Waals surface area contributed by atoms with Crippen molar-refractivity contribution in [2.45, 2.75) is 32.2 Å². The van der Waals surface area contributed by atoms with Crippen molar-refractivity contribution in [3.8, 4) is 0 Å². The van der Waals surface area contributed by atoms with E-state index in [-0.39, 0.29) is 11.9 Å². The molecule has 1 rings (SSSR count). The fraction of sp³-hybridized carbons (Fsp3) is 0.667. The van der Waals surface area contributed by atoms with E-state index in [0.717, 1.165) is 19.4 Å². The van der Waals surface area contributed by atoms with E-state index in [0.29, 0.717) is 12.3 Å². The lowest BCUT2D eigenvalue weighted by Crippen LogP contribution is -2.74. The van der Waals surface area contributed by atoms with Crippen LogP contribution in [0.4, 0.5) is 5.95 Å². The van der Waals surface area contributed by atoms with E-state index in [1.807, 2.05) is 0 Å². The zero-order valence-corrected chi connectivity index (χ0v) is 10.3. The van der Waals surface area contributed by atoms with Gasteiger partial charge in [0.25, 0.3) is 5.95 Å². The largest absolute Gasteiger partial charge is 0.320 e. The first-order valence-electron chi connectivity index (χ1n) is 5.72. The Morgan fingerprint density at radius 2 is 2.33 bits per heavy atom. The van der Waals surface area contributed by atoms with Crippen molar-refractivity contribution in [1.82, 2.24) is 20.6 Å². The van der Waals surface area contributed by atoms with E-state index in [4.69, 9.17) is 11.5 Å². The van der Waals surface area contributed by atoms with Gasteiger partial charge in [-0.25, -0.2) is 0 Å². The van der Waals surface area contributed by atoms with Gasteiger partial charge in [0.2, 0.25) is 11.7 Å². The molecule has 7 N–H and O–H groups in total. The van der Waals surface area contributed by atoms with E-state index < -0.39 is 6.04 Å². The first-order valence-corrected chi connectivity index (χ1v) is 5.72.